The minimum absolute atomic E-state index is 0.400. The predicted molar refractivity (Wildman–Crippen MR) is 124 cm³/mol. The Morgan fingerprint density at radius 1 is 1.03 bits per heavy atom. The minimum Gasteiger partial charge on any atom is -0.399 e. The molecule has 0 spiro atoms. The SMILES string of the molecule is C=C/C(C(=C)c1ccccc1)=C(C)/C(B1OC(C)(C)C(C)(C)O1)=C1/C=CC=CC1. The van der Waals surface area contributed by atoms with Crippen molar-refractivity contribution in [3.05, 3.63) is 102 Å². The van der Waals surface area contributed by atoms with E-state index in [1.54, 1.807) is 0 Å². The van der Waals surface area contributed by atoms with Crippen molar-refractivity contribution in [2.75, 3.05) is 0 Å². The highest BCUT2D eigenvalue weighted by molar-refractivity contribution is 6.56. The molecule has 2 aliphatic rings. The predicted octanol–water partition coefficient (Wildman–Crippen LogP) is 6.65. The van der Waals surface area contributed by atoms with Gasteiger partial charge in [0.25, 0.3) is 0 Å². The van der Waals surface area contributed by atoms with Gasteiger partial charge in [-0.3, -0.25) is 0 Å². The van der Waals surface area contributed by atoms with Crippen molar-refractivity contribution in [3.8, 4) is 0 Å². The highest BCUT2D eigenvalue weighted by atomic mass is 16.7. The van der Waals surface area contributed by atoms with Gasteiger partial charge in [-0.05, 0) is 74.4 Å². The molecule has 0 radical (unpaired) electrons. The van der Waals surface area contributed by atoms with E-state index in [0.29, 0.717) is 0 Å². The maximum absolute atomic E-state index is 6.44. The number of rotatable bonds is 5. The van der Waals surface area contributed by atoms with Gasteiger partial charge in [0.15, 0.2) is 0 Å². The number of hydrogen-bond acceptors (Lipinski definition) is 2. The average Bonchev–Trinajstić information content (AvgIpc) is 2.90. The second-order valence-electron chi connectivity index (χ2n) is 8.61. The van der Waals surface area contributed by atoms with E-state index in [2.05, 4.69) is 84.2 Å². The molecule has 1 aromatic carbocycles. The maximum Gasteiger partial charge on any atom is 0.495 e. The standard InChI is InChI=1S/C26H31BO2/c1-8-23(19(2)21-15-11-9-12-16-21)20(3)24(22-17-13-10-14-18-22)27-28-25(4,5)26(6,7)29-27/h8-17H,1-2,18H2,3-7H3/b23-20-,24-22+. The van der Waals surface area contributed by atoms with Gasteiger partial charge in [-0.2, -0.15) is 0 Å². The fourth-order valence-corrected chi connectivity index (χ4v) is 3.69. The molecular formula is C26H31BO2. The summed E-state index contributed by atoms with van der Waals surface area (Å²) in [5.74, 6) is 0. The first kappa shape index (κ1) is 21.4. The van der Waals surface area contributed by atoms with Crippen molar-refractivity contribution in [2.45, 2.75) is 52.2 Å². The second kappa shape index (κ2) is 8.18. The Balaban J connectivity index is 2.13. The molecule has 1 aromatic rings. The van der Waals surface area contributed by atoms with Crippen molar-refractivity contribution < 1.29 is 9.31 Å². The Labute approximate surface area is 176 Å². The van der Waals surface area contributed by atoms with Gasteiger partial charge in [-0.25, -0.2) is 0 Å². The van der Waals surface area contributed by atoms with E-state index >= 15 is 0 Å². The van der Waals surface area contributed by atoms with E-state index in [1.807, 2.05) is 24.3 Å². The molecule has 0 aromatic heterocycles. The Kier molecular flexibility index (Phi) is 6.02. The molecule has 0 saturated carbocycles. The van der Waals surface area contributed by atoms with Crippen LogP contribution in [-0.2, 0) is 9.31 Å². The fourth-order valence-electron chi connectivity index (χ4n) is 3.69. The van der Waals surface area contributed by atoms with Crippen LogP contribution in [0, 0.1) is 0 Å². The zero-order valence-electron chi connectivity index (χ0n) is 18.3. The van der Waals surface area contributed by atoms with Gasteiger partial charge in [-0.15, -0.1) is 0 Å². The molecule has 1 heterocycles. The largest absolute Gasteiger partial charge is 0.495 e. The summed E-state index contributed by atoms with van der Waals surface area (Å²) in [6.07, 6.45) is 11.2. The first-order valence-electron chi connectivity index (χ1n) is 10.2. The molecule has 1 saturated heterocycles. The summed E-state index contributed by atoms with van der Waals surface area (Å²) in [6.45, 7) is 18.9. The average molecular weight is 386 g/mol. The summed E-state index contributed by atoms with van der Waals surface area (Å²) in [6, 6.07) is 10.2. The fraction of sp³-hybridized carbons (Fsp3) is 0.308. The molecule has 3 heteroatoms. The second-order valence-corrected chi connectivity index (χ2v) is 8.61. The molecule has 1 fully saturated rings. The molecule has 2 nitrogen and oxygen atoms in total. The van der Waals surface area contributed by atoms with E-state index in [9.17, 15) is 0 Å². The van der Waals surface area contributed by atoms with Gasteiger partial charge >= 0.3 is 7.12 Å². The van der Waals surface area contributed by atoms with Crippen LogP contribution in [0.4, 0.5) is 0 Å². The first-order valence-corrected chi connectivity index (χ1v) is 10.2. The smallest absolute Gasteiger partial charge is 0.399 e. The van der Waals surface area contributed by atoms with Crippen molar-refractivity contribution in [2.24, 2.45) is 0 Å². The molecule has 1 aliphatic carbocycles. The molecule has 0 atom stereocenters. The Morgan fingerprint density at radius 3 is 2.17 bits per heavy atom. The van der Waals surface area contributed by atoms with Crippen molar-refractivity contribution in [1.82, 2.24) is 0 Å². The van der Waals surface area contributed by atoms with Gasteiger partial charge in [0, 0.05) is 0 Å². The van der Waals surface area contributed by atoms with E-state index in [-0.39, 0.29) is 0 Å². The number of allylic oxidation sites excluding steroid dienone is 10. The van der Waals surface area contributed by atoms with Crippen LogP contribution in [0.15, 0.2) is 96.1 Å². The summed E-state index contributed by atoms with van der Waals surface area (Å²) in [5.41, 5.74) is 5.59. The highest BCUT2D eigenvalue weighted by Gasteiger charge is 2.53. The Morgan fingerprint density at radius 2 is 1.66 bits per heavy atom. The van der Waals surface area contributed by atoms with Gasteiger partial charge in [0.1, 0.15) is 0 Å². The lowest BCUT2D eigenvalue weighted by Gasteiger charge is -2.32. The minimum atomic E-state index is -0.440. The van der Waals surface area contributed by atoms with E-state index in [4.69, 9.17) is 9.31 Å². The van der Waals surface area contributed by atoms with Gasteiger partial charge in [0.2, 0.25) is 0 Å². The lowest BCUT2D eigenvalue weighted by molar-refractivity contribution is 0.00578. The summed E-state index contributed by atoms with van der Waals surface area (Å²) in [4.78, 5) is 0. The Hall–Kier alpha value is -2.36. The van der Waals surface area contributed by atoms with E-state index < -0.39 is 18.3 Å². The monoisotopic (exact) mass is 386 g/mol. The number of benzene rings is 1. The highest BCUT2D eigenvalue weighted by Crippen LogP contribution is 2.42. The first-order chi connectivity index (χ1) is 13.7. The molecule has 150 valence electrons. The van der Waals surface area contributed by atoms with Crippen LogP contribution in [0.1, 0.15) is 46.6 Å². The zero-order valence-corrected chi connectivity index (χ0v) is 18.3. The number of hydrogen-bond donors (Lipinski definition) is 0. The van der Waals surface area contributed by atoms with Crippen LogP contribution < -0.4 is 0 Å². The molecule has 0 amide bonds. The summed E-state index contributed by atoms with van der Waals surface area (Å²) in [7, 11) is -0.440. The molecule has 0 N–H and O–H groups in total. The zero-order chi connectivity index (χ0) is 21.2. The van der Waals surface area contributed by atoms with Crippen molar-refractivity contribution in [1.29, 1.82) is 0 Å². The summed E-state index contributed by atoms with van der Waals surface area (Å²) < 4.78 is 12.9. The molecule has 3 rings (SSSR count). The quantitative estimate of drug-likeness (QED) is 0.417. The van der Waals surface area contributed by atoms with Crippen molar-refractivity contribution in [3.63, 3.8) is 0 Å². The topological polar surface area (TPSA) is 18.5 Å². The van der Waals surface area contributed by atoms with Crippen LogP contribution in [0.2, 0.25) is 0 Å². The molecular weight excluding hydrogens is 355 g/mol. The summed E-state index contributed by atoms with van der Waals surface area (Å²) in [5, 5.41) is 0. The molecule has 0 unspecified atom stereocenters. The lowest BCUT2D eigenvalue weighted by atomic mass is 9.68. The van der Waals surface area contributed by atoms with Gasteiger partial charge in [-0.1, -0.05) is 73.9 Å². The van der Waals surface area contributed by atoms with Gasteiger partial charge in [0.05, 0.1) is 11.2 Å². The molecule has 0 bridgehead atoms. The normalized spacial score (nSPS) is 22.3. The van der Waals surface area contributed by atoms with Crippen LogP contribution in [0.25, 0.3) is 5.57 Å². The Bertz CT molecular complexity index is 911. The van der Waals surface area contributed by atoms with Crippen LogP contribution >= 0.6 is 0 Å². The van der Waals surface area contributed by atoms with Crippen LogP contribution in [0.5, 0.6) is 0 Å². The third-order valence-electron chi connectivity index (χ3n) is 6.18. The van der Waals surface area contributed by atoms with Crippen molar-refractivity contribution >= 4 is 12.7 Å². The summed E-state index contributed by atoms with van der Waals surface area (Å²) >= 11 is 0. The van der Waals surface area contributed by atoms with E-state index in [1.165, 1.54) is 5.57 Å². The third-order valence-corrected chi connectivity index (χ3v) is 6.18. The molecule has 1 aliphatic heterocycles. The van der Waals surface area contributed by atoms with Crippen LogP contribution in [-0.4, -0.2) is 18.3 Å². The lowest BCUT2D eigenvalue weighted by Crippen LogP contribution is -2.41. The van der Waals surface area contributed by atoms with Gasteiger partial charge < -0.3 is 9.31 Å². The maximum atomic E-state index is 6.44. The molecule has 29 heavy (non-hydrogen) atoms. The third kappa shape index (κ3) is 4.17. The van der Waals surface area contributed by atoms with Crippen LogP contribution in [0.3, 0.4) is 0 Å². The van der Waals surface area contributed by atoms with E-state index in [0.717, 1.165) is 34.2 Å².